The molecule has 0 spiro atoms. The quantitative estimate of drug-likeness (QED) is 0.329. The van der Waals surface area contributed by atoms with Crippen LogP contribution in [0.15, 0.2) is 48.7 Å². The molecule has 1 aliphatic heterocycles. The van der Waals surface area contributed by atoms with Crippen LogP contribution in [0, 0.1) is 23.0 Å². The molecule has 1 fully saturated rings. The van der Waals surface area contributed by atoms with Gasteiger partial charge in [-0.05, 0) is 25.0 Å². The second kappa shape index (κ2) is 12.2. The molecule has 0 unspecified atom stereocenters. The number of halogens is 2. The van der Waals surface area contributed by atoms with Crippen molar-refractivity contribution in [2.24, 2.45) is 0 Å². The van der Waals surface area contributed by atoms with Gasteiger partial charge >= 0.3 is 6.09 Å². The molecule has 4 rings (SSSR count). The van der Waals surface area contributed by atoms with E-state index in [1.165, 1.54) is 12.3 Å². The predicted molar refractivity (Wildman–Crippen MR) is 138 cm³/mol. The van der Waals surface area contributed by atoms with E-state index in [-0.39, 0.29) is 28.7 Å². The van der Waals surface area contributed by atoms with Crippen molar-refractivity contribution in [2.45, 2.75) is 25.4 Å². The fraction of sp³-hybridized carbons (Fsp3) is 0.308. The zero-order valence-electron chi connectivity index (χ0n) is 20.6. The van der Waals surface area contributed by atoms with E-state index in [4.69, 9.17) is 4.74 Å². The third kappa shape index (κ3) is 6.63. The van der Waals surface area contributed by atoms with Crippen molar-refractivity contribution in [3.05, 3.63) is 71.4 Å². The number of nitriles is 1. The molecule has 0 saturated carbocycles. The molecule has 1 amide bonds. The molecular formula is C26H27F2N7O3. The summed E-state index contributed by atoms with van der Waals surface area (Å²) >= 11 is 0. The first-order valence-electron chi connectivity index (χ1n) is 12.0. The molecule has 1 saturated heterocycles. The van der Waals surface area contributed by atoms with Crippen LogP contribution in [-0.4, -0.2) is 59.6 Å². The van der Waals surface area contributed by atoms with Gasteiger partial charge in [0.1, 0.15) is 6.07 Å². The van der Waals surface area contributed by atoms with Gasteiger partial charge in [-0.3, -0.25) is 0 Å². The van der Waals surface area contributed by atoms with Crippen LogP contribution < -0.4 is 20.9 Å². The number of nitrogens with one attached hydrogen (secondary N) is 3. The molecule has 4 N–H and O–H groups in total. The Labute approximate surface area is 218 Å². The number of pyridine rings is 2. The molecule has 0 bridgehead atoms. The lowest BCUT2D eigenvalue weighted by Crippen LogP contribution is -2.45. The molecule has 1 aliphatic rings. The summed E-state index contributed by atoms with van der Waals surface area (Å²) in [6, 6.07) is 12.2. The Hall–Kier alpha value is -4.50. The number of carboxylic acid groups (broad SMARTS) is 1. The lowest BCUT2D eigenvalue weighted by molar-refractivity contribution is 0.122. The van der Waals surface area contributed by atoms with Gasteiger partial charge < -0.3 is 30.7 Å². The van der Waals surface area contributed by atoms with Gasteiger partial charge in [0.05, 0.1) is 36.7 Å². The van der Waals surface area contributed by atoms with Crippen molar-refractivity contribution >= 4 is 29.2 Å². The summed E-state index contributed by atoms with van der Waals surface area (Å²) in [4.78, 5) is 21.5. The van der Waals surface area contributed by atoms with Crippen LogP contribution in [0.4, 0.5) is 36.7 Å². The second-order valence-corrected chi connectivity index (χ2v) is 8.76. The number of nitrogens with zero attached hydrogens (tertiary/aromatic N) is 4. The molecular weight excluding hydrogens is 496 g/mol. The van der Waals surface area contributed by atoms with E-state index in [2.05, 4.69) is 25.9 Å². The minimum Gasteiger partial charge on any atom is -0.465 e. The van der Waals surface area contributed by atoms with Gasteiger partial charge in [0.15, 0.2) is 29.1 Å². The number of aromatic nitrogens is 2. The molecule has 3 aromatic rings. The van der Waals surface area contributed by atoms with Crippen molar-refractivity contribution < 1.29 is 23.4 Å². The van der Waals surface area contributed by atoms with Gasteiger partial charge in [0.25, 0.3) is 0 Å². The number of hydrogen-bond acceptors (Lipinski definition) is 8. The first kappa shape index (κ1) is 26.6. The van der Waals surface area contributed by atoms with Gasteiger partial charge in [0, 0.05) is 25.2 Å². The molecule has 38 heavy (non-hydrogen) atoms. The highest BCUT2D eigenvalue weighted by atomic mass is 19.1. The largest absolute Gasteiger partial charge is 0.465 e. The van der Waals surface area contributed by atoms with Crippen molar-refractivity contribution in [3.63, 3.8) is 0 Å². The Morgan fingerprint density at radius 1 is 1.18 bits per heavy atom. The van der Waals surface area contributed by atoms with E-state index in [1.807, 2.05) is 36.4 Å². The number of hydrogen-bond donors (Lipinski definition) is 4. The van der Waals surface area contributed by atoms with Crippen LogP contribution in [0.5, 0.6) is 0 Å². The number of rotatable bonds is 9. The van der Waals surface area contributed by atoms with Crippen molar-refractivity contribution in [1.82, 2.24) is 15.3 Å². The average Bonchev–Trinajstić information content (AvgIpc) is 2.90. The van der Waals surface area contributed by atoms with E-state index in [0.29, 0.717) is 32.7 Å². The highest BCUT2D eigenvalue weighted by Crippen LogP contribution is 2.27. The predicted octanol–water partition coefficient (Wildman–Crippen LogP) is 3.89. The molecule has 3 heterocycles. The normalized spacial score (nSPS) is 14.7. The van der Waals surface area contributed by atoms with Gasteiger partial charge in [-0.1, -0.05) is 30.3 Å². The lowest BCUT2D eigenvalue weighted by Gasteiger charge is -2.28. The second-order valence-electron chi connectivity index (χ2n) is 8.76. The Balaban J connectivity index is 1.59. The molecule has 198 valence electrons. The standard InChI is InChI=1S/C26H27F2N7O3/c1-16(31-26(36)37)22(11-17-5-3-2-4-6-17)33-24-20(27)12-18(14-29)23(34-24)32-19-13-21(28)25(30-15-19)35-7-9-38-10-8-35/h2-6,12-13,15-16,22,31H,7-11H2,1H3,(H,36,37)(H2,32,33,34)/t16-,22+/m0/s1. The van der Waals surface area contributed by atoms with E-state index >= 15 is 0 Å². The molecule has 0 radical (unpaired) electrons. The van der Waals surface area contributed by atoms with Crippen LogP contribution >= 0.6 is 0 Å². The number of amides is 1. The summed E-state index contributed by atoms with van der Waals surface area (Å²) in [5, 5.41) is 27.0. The van der Waals surface area contributed by atoms with Gasteiger partial charge in [-0.2, -0.15) is 5.26 Å². The summed E-state index contributed by atoms with van der Waals surface area (Å²) in [6.45, 7) is 3.65. The number of morpholine rings is 1. The Kier molecular flexibility index (Phi) is 8.50. The summed E-state index contributed by atoms with van der Waals surface area (Å²) < 4.78 is 35.1. The Morgan fingerprint density at radius 2 is 1.92 bits per heavy atom. The topological polar surface area (TPSA) is 135 Å². The lowest BCUT2D eigenvalue weighted by atomic mass is 10.0. The van der Waals surface area contributed by atoms with E-state index < -0.39 is 29.8 Å². The van der Waals surface area contributed by atoms with Crippen LogP contribution in [0.25, 0.3) is 0 Å². The molecule has 10 nitrogen and oxygen atoms in total. The minimum atomic E-state index is -1.22. The Bertz CT molecular complexity index is 1310. The number of ether oxygens (including phenoxy) is 1. The minimum absolute atomic E-state index is 0.00553. The highest BCUT2D eigenvalue weighted by molar-refractivity contribution is 5.67. The third-order valence-electron chi connectivity index (χ3n) is 6.07. The monoisotopic (exact) mass is 523 g/mol. The Morgan fingerprint density at radius 3 is 2.58 bits per heavy atom. The fourth-order valence-electron chi connectivity index (χ4n) is 4.11. The van der Waals surface area contributed by atoms with Gasteiger partial charge in [-0.25, -0.2) is 23.5 Å². The molecule has 2 atom stereocenters. The van der Waals surface area contributed by atoms with Crippen molar-refractivity contribution in [3.8, 4) is 6.07 Å². The maximum Gasteiger partial charge on any atom is 0.404 e. The average molecular weight is 524 g/mol. The van der Waals surface area contributed by atoms with Gasteiger partial charge in [-0.15, -0.1) is 0 Å². The van der Waals surface area contributed by atoms with Gasteiger partial charge in [0.2, 0.25) is 0 Å². The summed E-state index contributed by atoms with van der Waals surface area (Å²) in [5.41, 5.74) is 1.03. The van der Waals surface area contributed by atoms with Crippen molar-refractivity contribution in [1.29, 1.82) is 5.26 Å². The third-order valence-corrected chi connectivity index (χ3v) is 6.07. The zero-order chi connectivity index (χ0) is 27.1. The number of benzene rings is 1. The molecule has 2 aromatic heterocycles. The number of carbonyl (C=O) groups is 1. The SMILES string of the molecule is C[C@H](NC(=O)O)[C@@H](Cc1ccccc1)Nc1nc(Nc2cnc(N3CCOCC3)c(F)c2)c(C#N)cc1F. The van der Waals surface area contributed by atoms with Crippen LogP contribution in [0.1, 0.15) is 18.1 Å². The summed E-state index contributed by atoms with van der Waals surface area (Å²) in [5.74, 6) is -1.36. The smallest absolute Gasteiger partial charge is 0.404 e. The van der Waals surface area contributed by atoms with Crippen LogP contribution in [0.3, 0.4) is 0 Å². The van der Waals surface area contributed by atoms with Crippen molar-refractivity contribution in [2.75, 3.05) is 41.8 Å². The number of anilines is 4. The van der Waals surface area contributed by atoms with E-state index in [1.54, 1.807) is 11.8 Å². The maximum atomic E-state index is 15.0. The first-order chi connectivity index (χ1) is 18.3. The fourth-order valence-corrected chi connectivity index (χ4v) is 4.11. The molecule has 1 aromatic carbocycles. The zero-order valence-corrected chi connectivity index (χ0v) is 20.6. The maximum absolute atomic E-state index is 15.0. The summed E-state index contributed by atoms with van der Waals surface area (Å²) in [7, 11) is 0. The van der Waals surface area contributed by atoms with Crippen LogP contribution in [-0.2, 0) is 11.2 Å². The summed E-state index contributed by atoms with van der Waals surface area (Å²) in [6.07, 6.45) is 0.553. The van der Waals surface area contributed by atoms with E-state index in [9.17, 15) is 23.9 Å². The van der Waals surface area contributed by atoms with Crippen LogP contribution in [0.2, 0.25) is 0 Å². The first-order valence-corrected chi connectivity index (χ1v) is 12.0. The molecule has 12 heteroatoms. The van der Waals surface area contributed by atoms with E-state index in [0.717, 1.165) is 11.6 Å². The highest BCUT2D eigenvalue weighted by Gasteiger charge is 2.23. The molecule has 0 aliphatic carbocycles.